The number of rotatable bonds is 4. The van der Waals surface area contributed by atoms with Crippen LogP contribution in [-0.4, -0.2) is 5.91 Å². The second-order valence-corrected chi connectivity index (χ2v) is 4.72. The summed E-state index contributed by atoms with van der Waals surface area (Å²) >= 11 is 0. The van der Waals surface area contributed by atoms with Gasteiger partial charge in [-0.05, 0) is 24.6 Å². The smallest absolute Gasteiger partial charge is 0.225 e. The molecule has 0 aliphatic heterocycles. The molecule has 0 saturated carbocycles. The van der Waals surface area contributed by atoms with Gasteiger partial charge in [0.25, 0.3) is 0 Å². The highest BCUT2D eigenvalue weighted by molar-refractivity contribution is 5.79. The lowest BCUT2D eigenvalue weighted by atomic mass is 10.1. The Balaban J connectivity index is 2.04. The molecule has 1 amide bonds. The van der Waals surface area contributed by atoms with E-state index in [-0.39, 0.29) is 17.5 Å². The van der Waals surface area contributed by atoms with Gasteiger partial charge in [0, 0.05) is 11.6 Å². The first-order chi connectivity index (χ1) is 9.97. The van der Waals surface area contributed by atoms with Crippen molar-refractivity contribution in [2.24, 2.45) is 0 Å². The standard InChI is InChI=1S/C16H14F3NO/c1-10(13-7-6-12(17)9-15(13)19)20-16(21)8-11-4-2-3-5-14(11)18/h2-7,9-10H,8H2,1H3,(H,20,21)/t10-/m1/s1. The average Bonchev–Trinajstić information content (AvgIpc) is 2.41. The number of hydrogen-bond donors (Lipinski definition) is 1. The molecule has 21 heavy (non-hydrogen) atoms. The van der Waals surface area contributed by atoms with E-state index in [4.69, 9.17) is 0 Å². The second-order valence-electron chi connectivity index (χ2n) is 4.72. The Morgan fingerprint density at radius 2 is 1.81 bits per heavy atom. The molecule has 2 aromatic carbocycles. The predicted octanol–water partition coefficient (Wildman–Crippen LogP) is 3.52. The highest BCUT2D eigenvalue weighted by Crippen LogP contribution is 2.18. The first-order valence-corrected chi connectivity index (χ1v) is 6.45. The quantitative estimate of drug-likeness (QED) is 0.918. The first-order valence-electron chi connectivity index (χ1n) is 6.45. The topological polar surface area (TPSA) is 29.1 Å². The predicted molar refractivity (Wildman–Crippen MR) is 73.0 cm³/mol. The molecule has 2 rings (SSSR count). The van der Waals surface area contributed by atoms with E-state index in [0.29, 0.717) is 0 Å². The molecule has 0 aliphatic carbocycles. The van der Waals surface area contributed by atoms with Crippen LogP contribution in [-0.2, 0) is 11.2 Å². The van der Waals surface area contributed by atoms with Crippen LogP contribution in [0.1, 0.15) is 24.1 Å². The van der Waals surface area contributed by atoms with Gasteiger partial charge in [-0.15, -0.1) is 0 Å². The van der Waals surface area contributed by atoms with Gasteiger partial charge < -0.3 is 5.32 Å². The maximum absolute atomic E-state index is 13.6. The summed E-state index contributed by atoms with van der Waals surface area (Å²) in [5.41, 5.74) is 0.445. The second kappa shape index (κ2) is 6.43. The number of carbonyl (C=O) groups excluding carboxylic acids is 1. The lowest BCUT2D eigenvalue weighted by Gasteiger charge is -2.15. The van der Waals surface area contributed by atoms with Crippen molar-refractivity contribution in [1.82, 2.24) is 5.32 Å². The first kappa shape index (κ1) is 15.1. The molecule has 0 spiro atoms. The van der Waals surface area contributed by atoms with Crippen molar-refractivity contribution < 1.29 is 18.0 Å². The van der Waals surface area contributed by atoms with E-state index in [0.717, 1.165) is 12.1 Å². The molecule has 1 atom stereocenters. The molecule has 0 saturated heterocycles. The number of carbonyl (C=O) groups is 1. The van der Waals surface area contributed by atoms with Gasteiger partial charge in [-0.2, -0.15) is 0 Å². The SMILES string of the molecule is C[C@@H](NC(=O)Cc1ccccc1F)c1ccc(F)cc1F. The molecule has 110 valence electrons. The Hall–Kier alpha value is -2.30. The molecular weight excluding hydrogens is 279 g/mol. The summed E-state index contributed by atoms with van der Waals surface area (Å²) in [7, 11) is 0. The Morgan fingerprint density at radius 1 is 1.10 bits per heavy atom. The Kier molecular flexibility index (Phi) is 4.62. The van der Waals surface area contributed by atoms with Crippen LogP contribution in [0.4, 0.5) is 13.2 Å². The molecule has 0 heterocycles. The van der Waals surface area contributed by atoms with E-state index >= 15 is 0 Å². The van der Waals surface area contributed by atoms with E-state index in [1.807, 2.05) is 0 Å². The van der Waals surface area contributed by atoms with E-state index in [1.165, 1.54) is 24.3 Å². The van der Waals surface area contributed by atoms with Gasteiger partial charge in [-0.3, -0.25) is 4.79 Å². The minimum Gasteiger partial charge on any atom is -0.349 e. The molecule has 0 bridgehead atoms. The Morgan fingerprint density at radius 3 is 2.48 bits per heavy atom. The van der Waals surface area contributed by atoms with Gasteiger partial charge in [-0.1, -0.05) is 24.3 Å². The van der Waals surface area contributed by atoms with Crippen LogP contribution in [0.15, 0.2) is 42.5 Å². The maximum Gasteiger partial charge on any atom is 0.225 e. The molecule has 1 N–H and O–H groups in total. The summed E-state index contributed by atoms with van der Waals surface area (Å²) < 4.78 is 39.9. The summed E-state index contributed by atoms with van der Waals surface area (Å²) in [6.45, 7) is 1.58. The van der Waals surface area contributed by atoms with Gasteiger partial charge in [0.2, 0.25) is 5.91 Å². The summed E-state index contributed by atoms with van der Waals surface area (Å²) in [6, 6.07) is 8.47. The van der Waals surface area contributed by atoms with Crippen LogP contribution < -0.4 is 5.32 Å². The number of amides is 1. The number of halogens is 3. The number of nitrogens with one attached hydrogen (secondary N) is 1. The van der Waals surface area contributed by atoms with Crippen molar-refractivity contribution in [2.75, 3.05) is 0 Å². The van der Waals surface area contributed by atoms with Crippen molar-refractivity contribution in [1.29, 1.82) is 0 Å². The van der Waals surface area contributed by atoms with Crippen molar-refractivity contribution in [3.8, 4) is 0 Å². The van der Waals surface area contributed by atoms with E-state index < -0.39 is 29.4 Å². The zero-order valence-corrected chi connectivity index (χ0v) is 11.4. The van der Waals surface area contributed by atoms with Crippen molar-refractivity contribution >= 4 is 5.91 Å². The fraction of sp³-hybridized carbons (Fsp3) is 0.188. The van der Waals surface area contributed by atoms with Crippen LogP contribution >= 0.6 is 0 Å². The summed E-state index contributed by atoms with van der Waals surface area (Å²) in [6.07, 6.45) is -0.139. The third-order valence-electron chi connectivity index (χ3n) is 3.12. The van der Waals surface area contributed by atoms with E-state index in [1.54, 1.807) is 13.0 Å². The van der Waals surface area contributed by atoms with Crippen LogP contribution in [0.25, 0.3) is 0 Å². The van der Waals surface area contributed by atoms with Crippen LogP contribution in [0.3, 0.4) is 0 Å². The molecule has 2 nitrogen and oxygen atoms in total. The average molecular weight is 293 g/mol. The minimum absolute atomic E-state index is 0.139. The monoisotopic (exact) mass is 293 g/mol. The van der Waals surface area contributed by atoms with Crippen molar-refractivity contribution in [3.63, 3.8) is 0 Å². The molecule has 0 aliphatic rings. The molecule has 0 unspecified atom stereocenters. The van der Waals surface area contributed by atoms with Gasteiger partial charge in [0.05, 0.1) is 12.5 Å². The fourth-order valence-corrected chi connectivity index (χ4v) is 2.04. The van der Waals surface area contributed by atoms with Gasteiger partial charge in [0.15, 0.2) is 0 Å². The Labute approximate surface area is 120 Å². The minimum atomic E-state index is -0.728. The molecule has 2 aromatic rings. The van der Waals surface area contributed by atoms with E-state index in [2.05, 4.69) is 5.32 Å². The fourth-order valence-electron chi connectivity index (χ4n) is 2.04. The third-order valence-corrected chi connectivity index (χ3v) is 3.12. The third kappa shape index (κ3) is 3.84. The van der Waals surface area contributed by atoms with E-state index in [9.17, 15) is 18.0 Å². The molecule has 0 fully saturated rings. The van der Waals surface area contributed by atoms with Crippen LogP contribution in [0.5, 0.6) is 0 Å². The van der Waals surface area contributed by atoms with Crippen molar-refractivity contribution in [2.45, 2.75) is 19.4 Å². The number of benzene rings is 2. The molecular formula is C16H14F3NO. The normalized spacial score (nSPS) is 12.0. The highest BCUT2D eigenvalue weighted by atomic mass is 19.1. The van der Waals surface area contributed by atoms with Gasteiger partial charge in [-0.25, -0.2) is 13.2 Å². The lowest BCUT2D eigenvalue weighted by molar-refractivity contribution is -0.121. The molecule has 0 radical (unpaired) electrons. The summed E-state index contributed by atoms with van der Waals surface area (Å²) in [4.78, 5) is 11.9. The summed E-state index contributed by atoms with van der Waals surface area (Å²) in [5.74, 6) is -2.31. The molecule has 5 heteroatoms. The number of hydrogen-bond acceptors (Lipinski definition) is 1. The highest BCUT2D eigenvalue weighted by Gasteiger charge is 2.15. The van der Waals surface area contributed by atoms with Gasteiger partial charge in [0.1, 0.15) is 17.5 Å². The summed E-state index contributed by atoms with van der Waals surface area (Å²) in [5, 5.41) is 2.56. The lowest BCUT2D eigenvalue weighted by Crippen LogP contribution is -2.29. The zero-order chi connectivity index (χ0) is 15.4. The Bertz CT molecular complexity index is 658. The van der Waals surface area contributed by atoms with Crippen molar-refractivity contribution in [3.05, 3.63) is 71.0 Å². The largest absolute Gasteiger partial charge is 0.349 e. The van der Waals surface area contributed by atoms with Crippen LogP contribution in [0.2, 0.25) is 0 Å². The zero-order valence-electron chi connectivity index (χ0n) is 11.4. The maximum atomic E-state index is 13.6. The molecule has 0 aromatic heterocycles. The van der Waals surface area contributed by atoms with Gasteiger partial charge >= 0.3 is 0 Å². The van der Waals surface area contributed by atoms with Crippen LogP contribution in [0, 0.1) is 17.5 Å².